The van der Waals surface area contributed by atoms with Crippen LogP contribution in [0.1, 0.15) is 11.4 Å². The van der Waals surface area contributed by atoms with Gasteiger partial charge >= 0.3 is 0 Å². The van der Waals surface area contributed by atoms with Crippen LogP contribution in [0.2, 0.25) is 0 Å². The van der Waals surface area contributed by atoms with E-state index in [1.54, 1.807) is 13.3 Å². The Morgan fingerprint density at radius 1 is 1.16 bits per heavy atom. The lowest BCUT2D eigenvalue weighted by Gasteiger charge is -2.09. The molecule has 0 saturated heterocycles. The molecule has 5 aromatic rings. The highest BCUT2D eigenvalue weighted by molar-refractivity contribution is 5.86. The molecular formula is C24H25N7O. The average molecular weight is 428 g/mol. The van der Waals surface area contributed by atoms with Crippen molar-refractivity contribution in [2.75, 3.05) is 24.7 Å². The third-order valence-corrected chi connectivity index (χ3v) is 5.89. The molecule has 4 N–H and O–H groups in total. The number of aryl methyl sites for hydroxylation is 2. The summed E-state index contributed by atoms with van der Waals surface area (Å²) in [6, 6.07) is 12.1. The van der Waals surface area contributed by atoms with Crippen LogP contribution >= 0.6 is 0 Å². The van der Waals surface area contributed by atoms with E-state index in [9.17, 15) is 0 Å². The third-order valence-electron chi connectivity index (χ3n) is 5.89. The molecule has 2 aromatic carbocycles. The number of nitrogens with one attached hydrogen (secondary N) is 2. The summed E-state index contributed by atoms with van der Waals surface area (Å²) in [7, 11) is 3.69. The predicted molar refractivity (Wildman–Crippen MR) is 128 cm³/mol. The van der Waals surface area contributed by atoms with Crippen LogP contribution < -0.4 is 15.8 Å². The highest BCUT2D eigenvalue weighted by Crippen LogP contribution is 2.28. The van der Waals surface area contributed by atoms with Crippen molar-refractivity contribution in [2.24, 2.45) is 7.05 Å². The summed E-state index contributed by atoms with van der Waals surface area (Å²) in [4.78, 5) is 16.8. The molecule has 0 aliphatic rings. The first kappa shape index (κ1) is 19.9. The molecule has 0 radical (unpaired) electrons. The Morgan fingerprint density at radius 2 is 2.03 bits per heavy atom. The molecule has 32 heavy (non-hydrogen) atoms. The Bertz CT molecular complexity index is 1430. The fraction of sp³-hybridized carbons (Fsp3) is 0.208. The van der Waals surface area contributed by atoms with Gasteiger partial charge in [0, 0.05) is 42.5 Å². The number of fused-ring (bicyclic) bond motifs is 2. The number of imidazole rings is 1. The maximum Gasteiger partial charge on any atom is 0.224 e. The number of nitrogen functional groups attached to an aromatic ring is 1. The Balaban J connectivity index is 1.31. The molecule has 0 amide bonds. The minimum atomic E-state index is 0.436. The van der Waals surface area contributed by atoms with E-state index in [-0.39, 0.29) is 0 Å². The monoisotopic (exact) mass is 427 g/mol. The van der Waals surface area contributed by atoms with Gasteiger partial charge in [-0.2, -0.15) is 4.98 Å². The second kappa shape index (κ2) is 7.88. The molecule has 0 saturated carbocycles. The van der Waals surface area contributed by atoms with Crippen LogP contribution in [-0.2, 0) is 13.5 Å². The number of aromatic nitrogens is 5. The molecular weight excluding hydrogens is 402 g/mol. The van der Waals surface area contributed by atoms with Gasteiger partial charge in [0.05, 0.1) is 18.1 Å². The first-order valence-electron chi connectivity index (χ1n) is 10.5. The number of nitrogens with two attached hydrogens (primary N) is 1. The van der Waals surface area contributed by atoms with Crippen LogP contribution in [0, 0.1) is 6.92 Å². The van der Waals surface area contributed by atoms with E-state index >= 15 is 0 Å². The van der Waals surface area contributed by atoms with E-state index in [2.05, 4.69) is 29.8 Å². The van der Waals surface area contributed by atoms with Crippen molar-refractivity contribution in [2.45, 2.75) is 13.3 Å². The molecule has 0 aliphatic heterocycles. The molecule has 3 heterocycles. The van der Waals surface area contributed by atoms with Gasteiger partial charge in [-0.3, -0.25) is 0 Å². The van der Waals surface area contributed by atoms with Gasteiger partial charge in [-0.25, -0.2) is 9.97 Å². The Morgan fingerprint density at radius 3 is 2.84 bits per heavy atom. The van der Waals surface area contributed by atoms with Gasteiger partial charge in [-0.15, -0.1) is 0 Å². The topological polar surface area (TPSA) is 107 Å². The van der Waals surface area contributed by atoms with Crippen molar-refractivity contribution in [1.29, 1.82) is 0 Å². The van der Waals surface area contributed by atoms with Gasteiger partial charge in [0.2, 0.25) is 5.95 Å². The van der Waals surface area contributed by atoms with Gasteiger partial charge in [0.15, 0.2) is 0 Å². The van der Waals surface area contributed by atoms with Crippen molar-refractivity contribution >= 4 is 33.7 Å². The number of H-pyrrole nitrogens is 1. The summed E-state index contributed by atoms with van der Waals surface area (Å²) in [6.07, 6.45) is 4.60. The van der Waals surface area contributed by atoms with Crippen LogP contribution in [0.25, 0.3) is 33.1 Å². The lowest BCUT2D eigenvalue weighted by molar-refractivity contribution is 0.415. The summed E-state index contributed by atoms with van der Waals surface area (Å²) in [6.45, 7) is 2.67. The van der Waals surface area contributed by atoms with Crippen LogP contribution in [-0.4, -0.2) is 38.2 Å². The highest BCUT2D eigenvalue weighted by atomic mass is 16.5. The number of rotatable bonds is 6. The SMILES string of the molecule is COc1ccc2[nH]cc(CCNc3ncc(-c4ccc5c(c4)nc(C)n5C)c(N)n3)c2c1. The molecule has 0 fully saturated rings. The van der Waals surface area contributed by atoms with Gasteiger partial charge < -0.3 is 25.3 Å². The minimum absolute atomic E-state index is 0.436. The van der Waals surface area contributed by atoms with Gasteiger partial charge in [-0.1, -0.05) is 6.07 Å². The number of benzene rings is 2. The van der Waals surface area contributed by atoms with E-state index in [4.69, 9.17) is 10.5 Å². The zero-order valence-corrected chi connectivity index (χ0v) is 18.3. The van der Waals surface area contributed by atoms with Crippen molar-refractivity contribution in [3.05, 3.63) is 60.2 Å². The molecule has 0 atom stereocenters. The third kappa shape index (κ3) is 3.49. The number of hydrogen-bond donors (Lipinski definition) is 3. The number of hydrogen-bond acceptors (Lipinski definition) is 6. The number of nitrogens with zero attached hydrogens (tertiary/aromatic N) is 4. The standard InChI is InChI=1S/C24H25N7O/c1-14-29-21-10-15(4-7-22(21)31(14)2)19-13-28-24(30-23(19)25)26-9-8-16-12-27-20-6-5-17(32-3)11-18(16)20/h4-7,10-13,27H,8-9H2,1-3H3,(H3,25,26,28,30). The quantitative estimate of drug-likeness (QED) is 0.377. The van der Waals surface area contributed by atoms with Crippen molar-refractivity contribution in [3.63, 3.8) is 0 Å². The van der Waals surface area contributed by atoms with Crippen LogP contribution in [0.3, 0.4) is 0 Å². The van der Waals surface area contributed by atoms with E-state index in [0.717, 1.165) is 51.1 Å². The molecule has 0 spiro atoms. The van der Waals surface area contributed by atoms with Gasteiger partial charge in [0.25, 0.3) is 0 Å². The van der Waals surface area contributed by atoms with Gasteiger partial charge in [-0.05, 0) is 54.8 Å². The summed E-state index contributed by atoms with van der Waals surface area (Å²) >= 11 is 0. The summed E-state index contributed by atoms with van der Waals surface area (Å²) in [5.41, 5.74) is 12.3. The van der Waals surface area contributed by atoms with E-state index in [1.807, 2.05) is 56.6 Å². The second-order valence-electron chi connectivity index (χ2n) is 7.82. The lowest BCUT2D eigenvalue weighted by atomic mass is 10.1. The maximum absolute atomic E-state index is 6.27. The number of methoxy groups -OCH3 is 1. The fourth-order valence-electron chi connectivity index (χ4n) is 3.99. The molecule has 8 heteroatoms. The van der Waals surface area contributed by atoms with E-state index in [1.165, 1.54) is 5.56 Å². The number of anilines is 2. The van der Waals surface area contributed by atoms with Crippen molar-refractivity contribution < 1.29 is 4.74 Å². The molecule has 3 aromatic heterocycles. The zero-order valence-electron chi connectivity index (χ0n) is 18.3. The first-order chi connectivity index (χ1) is 15.5. The fourth-order valence-corrected chi connectivity index (χ4v) is 3.99. The zero-order chi connectivity index (χ0) is 22.2. The highest BCUT2D eigenvalue weighted by Gasteiger charge is 2.11. The van der Waals surface area contributed by atoms with E-state index < -0.39 is 0 Å². The van der Waals surface area contributed by atoms with E-state index in [0.29, 0.717) is 18.3 Å². The number of ether oxygens (including phenoxy) is 1. The Hall–Kier alpha value is -4.07. The normalized spacial score (nSPS) is 11.3. The largest absolute Gasteiger partial charge is 0.497 e. The van der Waals surface area contributed by atoms with Crippen LogP contribution in [0.15, 0.2) is 48.8 Å². The summed E-state index contributed by atoms with van der Waals surface area (Å²) in [5.74, 6) is 2.76. The Kier molecular flexibility index (Phi) is 4.89. The van der Waals surface area contributed by atoms with Gasteiger partial charge in [0.1, 0.15) is 17.4 Å². The molecule has 162 valence electrons. The Labute approximate surface area is 185 Å². The molecule has 0 aliphatic carbocycles. The van der Waals surface area contributed by atoms with Crippen LogP contribution in [0.5, 0.6) is 5.75 Å². The minimum Gasteiger partial charge on any atom is -0.497 e. The summed E-state index contributed by atoms with van der Waals surface area (Å²) < 4.78 is 7.41. The molecule has 5 rings (SSSR count). The van der Waals surface area contributed by atoms with Crippen LogP contribution in [0.4, 0.5) is 11.8 Å². The first-order valence-corrected chi connectivity index (χ1v) is 10.5. The number of aromatic amines is 1. The summed E-state index contributed by atoms with van der Waals surface area (Å²) in [5, 5.41) is 4.43. The van der Waals surface area contributed by atoms with Crippen molar-refractivity contribution in [1.82, 2.24) is 24.5 Å². The molecule has 8 nitrogen and oxygen atoms in total. The maximum atomic E-state index is 6.27. The lowest BCUT2D eigenvalue weighted by Crippen LogP contribution is -2.09. The molecule has 0 unspecified atom stereocenters. The predicted octanol–water partition coefficient (Wildman–Crippen LogP) is 4.07. The van der Waals surface area contributed by atoms with Crippen molar-refractivity contribution in [3.8, 4) is 16.9 Å². The molecule has 0 bridgehead atoms. The smallest absolute Gasteiger partial charge is 0.224 e. The average Bonchev–Trinajstić information content (AvgIpc) is 3.33. The second-order valence-corrected chi connectivity index (χ2v) is 7.82.